The first-order valence-corrected chi connectivity index (χ1v) is 8.68. The van der Waals surface area contributed by atoms with E-state index in [4.69, 9.17) is 0 Å². The van der Waals surface area contributed by atoms with Gasteiger partial charge in [-0.1, -0.05) is 38.1 Å². The van der Waals surface area contributed by atoms with E-state index in [2.05, 4.69) is 48.3 Å². The molecular formula is C19H28N2O. The summed E-state index contributed by atoms with van der Waals surface area (Å²) in [5.41, 5.74) is 2.63. The molecule has 0 bridgehead atoms. The van der Waals surface area contributed by atoms with Gasteiger partial charge in [-0.05, 0) is 42.2 Å². The van der Waals surface area contributed by atoms with Crippen molar-refractivity contribution < 1.29 is 4.79 Å². The van der Waals surface area contributed by atoms with Crippen molar-refractivity contribution in [2.24, 2.45) is 17.8 Å². The fraction of sp³-hybridized carbons (Fsp3) is 0.632. The van der Waals surface area contributed by atoms with E-state index >= 15 is 0 Å². The minimum atomic E-state index is 0.232. The Balaban J connectivity index is 1.61. The largest absolute Gasteiger partial charge is 0.352 e. The van der Waals surface area contributed by atoms with Crippen LogP contribution in [0.4, 0.5) is 0 Å². The van der Waals surface area contributed by atoms with Gasteiger partial charge in [0.15, 0.2) is 0 Å². The van der Waals surface area contributed by atoms with Crippen LogP contribution >= 0.6 is 0 Å². The number of amides is 1. The molecule has 1 aromatic carbocycles. The first-order chi connectivity index (χ1) is 10.6. The second-order valence-electron chi connectivity index (χ2n) is 7.40. The topological polar surface area (TPSA) is 32.3 Å². The highest BCUT2D eigenvalue weighted by molar-refractivity contribution is 5.80. The third kappa shape index (κ3) is 4.10. The van der Waals surface area contributed by atoms with Crippen molar-refractivity contribution in [3.63, 3.8) is 0 Å². The number of carbonyl (C=O) groups excluding carboxylic acids is 1. The average molecular weight is 300 g/mol. The SMILES string of the molecule is C[C@@H]1C[C@H](C)CN(Cc2ccccc2CNC(=O)C2CC2)C1. The quantitative estimate of drug-likeness (QED) is 0.906. The molecule has 1 saturated heterocycles. The second kappa shape index (κ2) is 6.82. The lowest BCUT2D eigenvalue weighted by Gasteiger charge is -2.35. The van der Waals surface area contributed by atoms with Crippen LogP contribution in [0.25, 0.3) is 0 Å². The zero-order chi connectivity index (χ0) is 15.5. The average Bonchev–Trinajstić information content (AvgIpc) is 3.29. The van der Waals surface area contributed by atoms with Gasteiger partial charge in [-0.3, -0.25) is 9.69 Å². The highest BCUT2D eigenvalue weighted by Crippen LogP contribution is 2.29. The molecule has 3 heteroatoms. The number of rotatable bonds is 5. The minimum absolute atomic E-state index is 0.232. The molecule has 0 aromatic heterocycles. The number of hydrogen-bond donors (Lipinski definition) is 1. The summed E-state index contributed by atoms with van der Waals surface area (Å²) < 4.78 is 0. The van der Waals surface area contributed by atoms with Crippen molar-refractivity contribution in [3.8, 4) is 0 Å². The predicted octanol–water partition coefficient (Wildman–Crippen LogP) is 3.19. The molecule has 1 aliphatic carbocycles. The summed E-state index contributed by atoms with van der Waals surface area (Å²) in [6, 6.07) is 8.55. The molecule has 3 rings (SSSR count). The predicted molar refractivity (Wildman–Crippen MR) is 89.2 cm³/mol. The molecular weight excluding hydrogens is 272 g/mol. The number of hydrogen-bond acceptors (Lipinski definition) is 2. The normalized spacial score (nSPS) is 25.9. The molecule has 2 atom stereocenters. The molecule has 1 heterocycles. The molecule has 1 aliphatic heterocycles. The standard InChI is InChI=1S/C19H28N2O/c1-14-9-15(2)12-21(11-14)13-18-6-4-3-5-17(18)10-20-19(22)16-7-8-16/h3-6,14-16H,7-13H2,1-2H3,(H,20,22)/t14-,15+. The lowest BCUT2D eigenvalue weighted by molar-refractivity contribution is -0.122. The van der Waals surface area contributed by atoms with Gasteiger partial charge in [-0.15, -0.1) is 0 Å². The maximum absolute atomic E-state index is 11.8. The van der Waals surface area contributed by atoms with Gasteiger partial charge >= 0.3 is 0 Å². The first-order valence-electron chi connectivity index (χ1n) is 8.68. The smallest absolute Gasteiger partial charge is 0.223 e. The molecule has 0 spiro atoms. The molecule has 120 valence electrons. The summed E-state index contributed by atoms with van der Waals surface area (Å²) in [5.74, 6) is 2.09. The Labute approximate surface area is 134 Å². The van der Waals surface area contributed by atoms with E-state index in [1.165, 1.54) is 30.6 Å². The highest BCUT2D eigenvalue weighted by atomic mass is 16.2. The van der Waals surface area contributed by atoms with E-state index in [1.807, 2.05) is 0 Å². The van der Waals surface area contributed by atoms with Gasteiger partial charge in [0, 0.05) is 32.1 Å². The van der Waals surface area contributed by atoms with Crippen LogP contribution in [0.1, 0.15) is 44.2 Å². The van der Waals surface area contributed by atoms with Crippen molar-refractivity contribution in [1.82, 2.24) is 10.2 Å². The number of nitrogens with zero attached hydrogens (tertiary/aromatic N) is 1. The Morgan fingerprint density at radius 1 is 1.14 bits per heavy atom. The Hall–Kier alpha value is -1.35. The van der Waals surface area contributed by atoms with Crippen molar-refractivity contribution >= 4 is 5.91 Å². The van der Waals surface area contributed by atoms with Gasteiger partial charge in [0.1, 0.15) is 0 Å². The maximum Gasteiger partial charge on any atom is 0.223 e. The zero-order valence-electron chi connectivity index (χ0n) is 13.8. The summed E-state index contributed by atoms with van der Waals surface area (Å²) in [6.07, 6.45) is 3.48. The third-order valence-corrected chi connectivity index (χ3v) is 4.86. The Morgan fingerprint density at radius 2 is 1.77 bits per heavy atom. The molecule has 0 radical (unpaired) electrons. The Kier molecular flexibility index (Phi) is 4.82. The van der Waals surface area contributed by atoms with E-state index in [9.17, 15) is 4.79 Å². The minimum Gasteiger partial charge on any atom is -0.352 e. The second-order valence-corrected chi connectivity index (χ2v) is 7.40. The monoisotopic (exact) mass is 300 g/mol. The van der Waals surface area contributed by atoms with Gasteiger partial charge in [0.2, 0.25) is 5.91 Å². The van der Waals surface area contributed by atoms with Crippen LogP contribution in [0.5, 0.6) is 0 Å². The van der Waals surface area contributed by atoms with E-state index in [0.717, 1.165) is 31.2 Å². The molecule has 22 heavy (non-hydrogen) atoms. The fourth-order valence-corrected chi connectivity index (χ4v) is 3.72. The molecule has 2 aliphatic rings. The van der Waals surface area contributed by atoms with Crippen LogP contribution in [0.3, 0.4) is 0 Å². The summed E-state index contributed by atoms with van der Waals surface area (Å²) in [5, 5.41) is 3.10. The number of piperidine rings is 1. The summed E-state index contributed by atoms with van der Waals surface area (Å²) in [4.78, 5) is 14.4. The molecule has 2 fully saturated rings. The summed E-state index contributed by atoms with van der Waals surface area (Å²) in [6.45, 7) is 8.75. The maximum atomic E-state index is 11.8. The fourth-order valence-electron chi connectivity index (χ4n) is 3.72. The van der Waals surface area contributed by atoms with Gasteiger partial charge in [0.25, 0.3) is 0 Å². The molecule has 1 saturated carbocycles. The van der Waals surface area contributed by atoms with Gasteiger partial charge in [-0.25, -0.2) is 0 Å². The number of nitrogens with one attached hydrogen (secondary N) is 1. The van der Waals surface area contributed by atoms with Crippen LogP contribution < -0.4 is 5.32 Å². The third-order valence-electron chi connectivity index (χ3n) is 4.86. The van der Waals surface area contributed by atoms with Crippen LogP contribution in [0.2, 0.25) is 0 Å². The molecule has 1 amide bonds. The number of carbonyl (C=O) groups is 1. The van der Waals surface area contributed by atoms with E-state index in [-0.39, 0.29) is 11.8 Å². The lowest BCUT2D eigenvalue weighted by Crippen LogP contribution is -2.38. The summed E-state index contributed by atoms with van der Waals surface area (Å²) >= 11 is 0. The van der Waals surface area contributed by atoms with Crippen molar-refractivity contribution in [2.45, 2.75) is 46.2 Å². The first kappa shape index (κ1) is 15.5. The van der Waals surface area contributed by atoms with Crippen molar-refractivity contribution in [1.29, 1.82) is 0 Å². The van der Waals surface area contributed by atoms with E-state index in [1.54, 1.807) is 0 Å². The molecule has 3 nitrogen and oxygen atoms in total. The van der Waals surface area contributed by atoms with Crippen LogP contribution in [-0.2, 0) is 17.9 Å². The lowest BCUT2D eigenvalue weighted by atomic mass is 9.91. The Morgan fingerprint density at radius 3 is 2.41 bits per heavy atom. The van der Waals surface area contributed by atoms with Gasteiger partial charge in [0.05, 0.1) is 0 Å². The highest BCUT2D eigenvalue weighted by Gasteiger charge is 2.29. The molecule has 1 N–H and O–H groups in total. The summed E-state index contributed by atoms with van der Waals surface area (Å²) in [7, 11) is 0. The number of likely N-dealkylation sites (tertiary alicyclic amines) is 1. The van der Waals surface area contributed by atoms with Crippen molar-refractivity contribution in [3.05, 3.63) is 35.4 Å². The molecule has 1 aromatic rings. The number of benzene rings is 1. The van der Waals surface area contributed by atoms with E-state index < -0.39 is 0 Å². The molecule has 0 unspecified atom stereocenters. The Bertz CT molecular complexity index is 514. The van der Waals surface area contributed by atoms with Crippen LogP contribution in [0, 0.1) is 17.8 Å². The van der Waals surface area contributed by atoms with Gasteiger partial charge in [-0.2, -0.15) is 0 Å². The zero-order valence-corrected chi connectivity index (χ0v) is 13.8. The van der Waals surface area contributed by atoms with Crippen LogP contribution in [0.15, 0.2) is 24.3 Å². The van der Waals surface area contributed by atoms with E-state index in [0.29, 0.717) is 6.54 Å². The van der Waals surface area contributed by atoms with Crippen LogP contribution in [-0.4, -0.2) is 23.9 Å². The van der Waals surface area contributed by atoms with Crippen molar-refractivity contribution in [2.75, 3.05) is 13.1 Å². The van der Waals surface area contributed by atoms with Gasteiger partial charge < -0.3 is 5.32 Å².